The average Bonchev–Trinajstić information content (AvgIpc) is 2.90. The fourth-order valence-electron chi connectivity index (χ4n) is 4.16. The first-order valence-electron chi connectivity index (χ1n) is 13.3. The van der Waals surface area contributed by atoms with Crippen molar-refractivity contribution in [1.29, 1.82) is 0 Å². The second-order valence-electron chi connectivity index (χ2n) is 11.2. The molecule has 0 spiro atoms. The van der Waals surface area contributed by atoms with Gasteiger partial charge in [0.05, 0.1) is 10.6 Å². The molecule has 0 unspecified atom stereocenters. The number of sulfonamides is 1. The van der Waals surface area contributed by atoms with Crippen LogP contribution >= 0.6 is 23.2 Å². The van der Waals surface area contributed by atoms with Crippen LogP contribution < -0.4 is 9.62 Å². The van der Waals surface area contributed by atoms with E-state index in [4.69, 9.17) is 23.2 Å². The average molecular weight is 619 g/mol. The van der Waals surface area contributed by atoms with E-state index in [1.165, 1.54) is 17.0 Å². The van der Waals surface area contributed by atoms with Crippen molar-refractivity contribution in [2.75, 3.05) is 10.8 Å². The van der Waals surface area contributed by atoms with Crippen molar-refractivity contribution in [3.05, 3.63) is 94.0 Å². The molecule has 0 heterocycles. The third-order valence-electron chi connectivity index (χ3n) is 6.48. The van der Waals surface area contributed by atoms with Gasteiger partial charge in [0.15, 0.2) is 0 Å². The maximum Gasteiger partial charge on any atom is 0.264 e. The quantitative estimate of drug-likeness (QED) is 0.276. The van der Waals surface area contributed by atoms with Gasteiger partial charge in [-0.25, -0.2) is 8.42 Å². The Balaban J connectivity index is 2.06. The molecule has 41 heavy (non-hydrogen) atoms. The molecule has 3 rings (SSSR count). The van der Waals surface area contributed by atoms with Crippen LogP contribution in [0.3, 0.4) is 0 Å². The minimum absolute atomic E-state index is 0.0287. The largest absolute Gasteiger partial charge is 0.350 e. The third-order valence-corrected chi connectivity index (χ3v) is 8.85. The molecule has 0 saturated carbocycles. The summed E-state index contributed by atoms with van der Waals surface area (Å²) >= 11 is 12.5. The highest BCUT2D eigenvalue weighted by Gasteiger charge is 2.33. The molecule has 0 aliphatic heterocycles. The summed E-state index contributed by atoms with van der Waals surface area (Å²) < 4.78 is 28.9. The molecule has 1 atom stereocenters. The second-order valence-corrected chi connectivity index (χ2v) is 13.9. The smallest absolute Gasteiger partial charge is 0.264 e. The summed E-state index contributed by atoms with van der Waals surface area (Å²) in [6.45, 7) is 10.7. The van der Waals surface area contributed by atoms with E-state index in [0.717, 1.165) is 9.87 Å². The molecule has 10 heteroatoms. The Hall–Kier alpha value is -3.07. The van der Waals surface area contributed by atoms with Gasteiger partial charge in [-0.2, -0.15) is 0 Å². The molecule has 220 valence electrons. The van der Waals surface area contributed by atoms with Gasteiger partial charge in [-0.3, -0.25) is 13.9 Å². The van der Waals surface area contributed by atoms with E-state index in [9.17, 15) is 18.0 Å². The Labute approximate surface area is 253 Å². The summed E-state index contributed by atoms with van der Waals surface area (Å²) in [4.78, 5) is 28.7. The van der Waals surface area contributed by atoms with E-state index in [0.29, 0.717) is 21.3 Å². The van der Waals surface area contributed by atoms with Gasteiger partial charge >= 0.3 is 0 Å². The zero-order chi connectivity index (χ0) is 30.5. The van der Waals surface area contributed by atoms with Crippen molar-refractivity contribution < 1.29 is 18.0 Å². The molecule has 7 nitrogen and oxygen atoms in total. The third kappa shape index (κ3) is 8.47. The molecular formula is C31H37Cl2N3O4S. The molecule has 2 amide bonds. The van der Waals surface area contributed by atoms with Crippen LogP contribution in [0.2, 0.25) is 10.0 Å². The van der Waals surface area contributed by atoms with Crippen LogP contribution in [0.4, 0.5) is 5.69 Å². The van der Waals surface area contributed by atoms with E-state index >= 15 is 0 Å². The minimum atomic E-state index is -4.14. The Morgan fingerprint density at radius 1 is 0.902 bits per heavy atom. The van der Waals surface area contributed by atoms with E-state index in [1.54, 1.807) is 55.5 Å². The van der Waals surface area contributed by atoms with Gasteiger partial charge in [0.25, 0.3) is 10.0 Å². The molecule has 0 saturated heterocycles. The minimum Gasteiger partial charge on any atom is -0.350 e. The van der Waals surface area contributed by atoms with Crippen LogP contribution in [0.25, 0.3) is 0 Å². The summed E-state index contributed by atoms with van der Waals surface area (Å²) in [5.41, 5.74) is 1.39. The summed E-state index contributed by atoms with van der Waals surface area (Å²) in [6.07, 6.45) is 0. The van der Waals surface area contributed by atoms with Gasteiger partial charge in [0.2, 0.25) is 11.8 Å². The van der Waals surface area contributed by atoms with Gasteiger partial charge < -0.3 is 10.2 Å². The van der Waals surface area contributed by atoms with Gasteiger partial charge in [-0.1, -0.05) is 73.4 Å². The van der Waals surface area contributed by atoms with Crippen LogP contribution in [0.1, 0.15) is 58.6 Å². The maximum atomic E-state index is 14.0. The lowest BCUT2D eigenvalue weighted by Gasteiger charge is -2.33. The normalized spacial score (nSPS) is 12.6. The van der Waals surface area contributed by atoms with Crippen LogP contribution in [-0.4, -0.2) is 43.3 Å². The van der Waals surface area contributed by atoms with E-state index < -0.39 is 34.1 Å². The Bertz CT molecular complexity index is 1470. The van der Waals surface area contributed by atoms with E-state index in [2.05, 4.69) is 5.32 Å². The first-order valence-corrected chi connectivity index (χ1v) is 15.5. The molecule has 0 aliphatic rings. The topological polar surface area (TPSA) is 86.8 Å². The van der Waals surface area contributed by atoms with Crippen molar-refractivity contribution in [1.82, 2.24) is 10.2 Å². The summed E-state index contributed by atoms with van der Waals surface area (Å²) in [5, 5.41) is 3.66. The van der Waals surface area contributed by atoms with E-state index in [1.807, 2.05) is 46.8 Å². The number of rotatable bonds is 10. The SMILES string of the molecule is CC(C)c1ccc(N(CC(=O)N(Cc2ccc(Cl)cc2Cl)[C@@H](C)C(=O)NC(C)(C)C)S(=O)(=O)c2ccccc2)cc1. The fraction of sp³-hybridized carbons (Fsp3) is 0.355. The van der Waals surface area contributed by atoms with Gasteiger partial charge in [0.1, 0.15) is 12.6 Å². The van der Waals surface area contributed by atoms with Crippen LogP contribution in [0, 0.1) is 0 Å². The van der Waals surface area contributed by atoms with Crippen LogP contribution in [0.5, 0.6) is 0 Å². The van der Waals surface area contributed by atoms with E-state index in [-0.39, 0.29) is 23.3 Å². The van der Waals surface area contributed by atoms with Crippen molar-refractivity contribution >= 4 is 50.7 Å². The summed E-state index contributed by atoms with van der Waals surface area (Å²) in [6, 6.07) is 19.0. The Morgan fingerprint density at radius 2 is 1.51 bits per heavy atom. The number of hydrogen-bond donors (Lipinski definition) is 1. The Morgan fingerprint density at radius 3 is 2.05 bits per heavy atom. The maximum absolute atomic E-state index is 14.0. The number of carbonyl (C=O) groups is 2. The zero-order valence-corrected chi connectivity index (χ0v) is 26.5. The van der Waals surface area contributed by atoms with Crippen LogP contribution in [-0.2, 0) is 26.2 Å². The van der Waals surface area contributed by atoms with Gasteiger partial charge in [-0.15, -0.1) is 0 Å². The molecule has 0 aliphatic carbocycles. The number of nitrogens with one attached hydrogen (secondary N) is 1. The molecule has 0 radical (unpaired) electrons. The number of benzene rings is 3. The number of anilines is 1. The zero-order valence-electron chi connectivity index (χ0n) is 24.2. The molecular weight excluding hydrogens is 581 g/mol. The van der Waals surface area contributed by atoms with Gasteiger partial charge in [-0.05, 0) is 81.1 Å². The fourth-order valence-corrected chi connectivity index (χ4v) is 6.07. The first kappa shape index (κ1) is 32.4. The standard InChI is InChI=1S/C31H37Cl2N3O4S/c1-21(2)23-13-16-26(17-14-23)36(41(39,40)27-10-8-7-9-11-27)20-29(37)35(22(3)30(38)34-31(4,5)6)19-24-12-15-25(32)18-28(24)33/h7-18,21-22H,19-20H2,1-6H3,(H,34,38)/t22-/m0/s1. The number of carbonyl (C=O) groups excluding carboxylic acids is 2. The number of nitrogens with zero attached hydrogens (tertiary/aromatic N) is 2. The van der Waals surface area contributed by atoms with Crippen molar-refractivity contribution in [3.63, 3.8) is 0 Å². The molecule has 3 aromatic carbocycles. The molecule has 0 fully saturated rings. The summed E-state index contributed by atoms with van der Waals surface area (Å²) in [5.74, 6) is -0.707. The monoisotopic (exact) mass is 617 g/mol. The predicted octanol–water partition coefficient (Wildman–Crippen LogP) is 6.64. The molecule has 1 N–H and O–H groups in total. The second kappa shape index (κ2) is 13.3. The molecule has 0 aromatic heterocycles. The van der Waals surface area contributed by atoms with Crippen molar-refractivity contribution in [2.24, 2.45) is 0 Å². The van der Waals surface area contributed by atoms with Crippen molar-refractivity contribution in [3.8, 4) is 0 Å². The number of amides is 2. The first-order chi connectivity index (χ1) is 19.1. The van der Waals surface area contributed by atoms with Gasteiger partial charge in [0, 0.05) is 22.1 Å². The van der Waals surface area contributed by atoms with Crippen LogP contribution in [0.15, 0.2) is 77.7 Å². The molecule has 3 aromatic rings. The predicted molar refractivity (Wildman–Crippen MR) is 166 cm³/mol. The number of hydrogen-bond acceptors (Lipinski definition) is 4. The van der Waals surface area contributed by atoms with Crippen molar-refractivity contribution in [2.45, 2.75) is 70.5 Å². The highest BCUT2D eigenvalue weighted by molar-refractivity contribution is 7.92. The summed E-state index contributed by atoms with van der Waals surface area (Å²) in [7, 11) is -4.14. The highest BCUT2D eigenvalue weighted by atomic mass is 35.5. The Kier molecular flexibility index (Phi) is 10.5. The molecule has 0 bridgehead atoms. The lowest BCUT2D eigenvalue weighted by molar-refractivity contribution is -0.140. The lowest BCUT2D eigenvalue weighted by Crippen LogP contribution is -2.54. The number of halogens is 2. The lowest BCUT2D eigenvalue weighted by atomic mass is 10.0. The highest BCUT2D eigenvalue weighted by Crippen LogP contribution is 2.28.